The maximum Gasteiger partial charge on any atom is 0.327 e. The van der Waals surface area contributed by atoms with Crippen molar-refractivity contribution >= 4 is 72.6 Å². The van der Waals surface area contributed by atoms with E-state index in [1.165, 1.54) is 0 Å². The zero-order valence-corrected chi connectivity index (χ0v) is 24.4. The first kappa shape index (κ1) is 37.8. The van der Waals surface area contributed by atoms with Crippen LogP contribution in [0.25, 0.3) is 0 Å². The zero-order valence-electron chi connectivity index (χ0n) is 22.6. The molecule has 0 aliphatic rings. The van der Waals surface area contributed by atoms with E-state index in [0.717, 1.165) is 0 Å². The summed E-state index contributed by atoms with van der Waals surface area (Å²) < 4.78 is 0. The fourth-order valence-corrected chi connectivity index (χ4v) is 3.63. The molecule has 19 heteroatoms. The van der Waals surface area contributed by atoms with Gasteiger partial charge in [-0.3, -0.25) is 34.2 Å². The second-order valence-corrected chi connectivity index (χ2v) is 9.37. The van der Waals surface area contributed by atoms with E-state index in [2.05, 4.69) is 63.1 Å². The van der Waals surface area contributed by atoms with Crippen LogP contribution in [0.15, 0.2) is 0 Å². The van der Waals surface area contributed by atoms with Crippen molar-refractivity contribution in [1.82, 2.24) is 31.9 Å². The van der Waals surface area contributed by atoms with Crippen molar-refractivity contribution in [2.45, 2.75) is 56.3 Å². The average molecular weight is 632 g/mol. The van der Waals surface area contributed by atoms with E-state index in [1.807, 2.05) is 0 Å². The van der Waals surface area contributed by atoms with Gasteiger partial charge in [-0.2, -0.15) is 25.3 Å². The fourth-order valence-electron chi connectivity index (χ4n) is 3.12. The summed E-state index contributed by atoms with van der Waals surface area (Å²) in [6, 6.07) is -5.26. The fraction of sp³-hybridized carbons (Fsp3) is 0.565. The van der Waals surface area contributed by atoms with Crippen LogP contribution in [0.1, 0.15) is 32.1 Å². The molecule has 0 bridgehead atoms. The quantitative estimate of drug-likeness (QED) is 0.0201. The Morgan fingerprint density at radius 1 is 0.810 bits per heavy atom. The number of amides is 6. The van der Waals surface area contributed by atoms with Crippen molar-refractivity contribution in [2.75, 3.05) is 24.6 Å². The molecule has 0 spiro atoms. The van der Waals surface area contributed by atoms with E-state index in [-0.39, 0.29) is 49.7 Å². The number of carbonyl (C=O) groups excluding carboxylic acids is 6. The molecule has 0 saturated carbocycles. The number of hydrogen-bond acceptors (Lipinski definition) is 10. The monoisotopic (exact) mass is 631 g/mol. The highest BCUT2D eigenvalue weighted by atomic mass is 32.1. The number of aliphatic carboxylic acids is 1. The average Bonchev–Trinajstić information content (AvgIpc) is 2.92. The lowest BCUT2D eigenvalue weighted by atomic mass is 10.1. The van der Waals surface area contributed by atoms with Crippen LogP contribution < -0.4 is 43.4 Å². The van der Waals surface area contributed by atoms with Crippen LogP contribution in [0, 0.1) is 17.8 Å². The van der Waals surface area contributed by atoms with Crippen LogP contribution in [-0.2, 0) is 33.6 Å². The van der Waals surface area contributed by atoms with Crippen molar-refractivity contribution in [2.24, 2.45) is 11.5 Å². The van der Waals surface area contributed by atoms with Gasteiger partial charge in [0.2, 0.25) is 35.4 Å². The summed E-state index contributed by atoms with van der Waals surface area (Å²) in [6.07, 6.45) is 4.79. The molecule has 0 aromatic carbocycles. The lowest BCUT2D eigenvalue weighted by Crippen LogP contribution is -2.57. The summed E-state index contributed by atoms with van der Waals surface area (Å²) in [4.78, 5) is 85.2. The number of carbonyl (C=O) groups is 7. The number of thiol groups is 2. The Bertz CT molecular complexity index is 1050. The minimum absolute atomic E-state index is 0.00322. The molecule has 0 aromatic heterocycles. The van der Waals surface area contributed by atoms with Gasteiger partial charge in [0.15, 0.2) is 5.96 Å². The first-order chi connectivity index (χ1) is 19.7. The molecule has 0 aliphatic carbocycles. The summed E-state index contributed by atoms with van der Waals surface area (Å²) in [5, 5.41) is 30.4. The van der Waals surface area contributed by atoms with Crippen LogP contribution >= 0.6 is 25.3 Å². The summed E-state index contributed by atoms with van der Waals surface area (Å²) >= 11 is 7.88. The van der Waals surface area contributed by atoms with E-state index in [1.54, 1.807) is 0 Å². The molecule has 17 nitrogen and oxygen atoms in total. The number of nitrogens with one attached hydrogen (secondary N) is 7. The third kappa shape index (κ3) is 16.2. The van der Waals surface area contributed by atoms with Gasteiger partial charge in [-0.05, 0) is 12.8 Å². The maximum atomic E-state index is 12.7. The lowest BCUT2D eigenvalue weighted by molar-refractivity contribution is -0.141. The van der Waals surface area contributed by atoms with Crippen LogP contribution in [0.4, 0.5) is 0 Å². The first-order valence-corrected chi connectivity index (χ1v) is 13.7. The minimum Gasteiger partial charge on any atom is -0.480 e. The molecule has 0 radical (unpaired) electrons. The second kappa shape index (κ2) is 20.7. The molecule has 12 N–H and O–H groups in total. The number of carboxylic acids is 1. The topological polar surface area (TPSA) is 288 Å². The van der Waals surface area contributed by atoms with Gasteiger partial charge < -0.3 is 48.5 Å². The number of rotatable bonds is 20. The van der Waals surface area contributed by atoms with Crippen molar-refractivity contribution in [3.05, 3.63) is 0 Å². The van der Waals surface area contributed by atoms with Gasteiger partial charge >= 0.3 is 5.97 Å². The van der Waals surface area contributed by atoms with Crippen molar-refractivity contribution in [3.8, 4) is 12.3 Å². The van der Waals surface area contributed by atoms with Crippen LogP contribution in [0.3, 0.4) is 0 Å². The SMILES string of the molecule is C#CCCC(=O)N[C@H](CS)C(=O)N[C@H](CC(N)=O)C(=O)NCC(=O)N[C@H](CCCNC(=N)N)C(=O)N[C@H](CS)C(=O)O. The van der Waals surface area contributed by atoms with Gasteiger partial charge in [0.1, 0.15) is 24.2 Å². The molecule has 0 aliphatic heterocycles. The summed E-state index contributed by atoms with van der Waals surface area (Å²) in [5.74, 6) is -4.75. The molecule has 0 aromatic rings. The molecular formula is C23H37N9O8S2. The molecule has 0 heterocycles. The van der Waals surface area contributed by atoms with Crippen molar-refractivity contribution in [3.63, 3.8) is 0 Å². The Morgan fingerprint density at radius 3 is 1.90 bits per heavy atom. The van der Waals surface area contributed by atoms with Crippen LogP contribution in [0.5, 0.6) is 0 Å². The molecule has 4 atom stereocenters. The zero-order chi connectivity index (χ0) is 32.2. The highest BCUT2D eigenvalue weighted by molar-refractivity contribution is 7.80. The van der Waals surface area contributed by atoms with Gasteiger partial charge in [0, 0.05) is 30.9 Å². The van der Waals surface area contributed by atoms with E-state index >= 15 is 0 Å². The molecule has 0 unspecified atom stereocenters. The van der Waals surface area contributed by atoms with Gasteiger partial charge in [0.05, 0.1) is 13.0 Å². The highest BCUT2D eigenvalue weighted by Crippen LogP contribution is 2.01. The second-order valence-electron chi connectivity index (χ2n) is 8.64. The molecule has 234 valence electrons. The van der Waals surface area contributed by atoms with E-state index < -0.39 is 78.5 Å². The minimum atomic E-state index is -1.52. The third-order valence-corrected chi connectivity index (χ3v) is 5.96. The number of terminal acetylenes is 1. The van der Waals surface area contributed by atoms with Crippen LogP contribution in [0.2, 0.25) is 0 Å². The Morgan fingerprint density at radius 2 is 1.38 bits per heavy atom. The normalized spacial score (nSPS) is 13.1. The highest BCUT2D eigenvalue weighted by Gasteiger charge is 2.29. The molecule has 0 rings (SSSR count). The number of nitrogens with two attached hydrogens (primary N) is 2. The smallest absolute Gasteiger partial charge is 0.327 e. The molecule has 42 heavy (non-hydrogen) atoms. The Hall–Kier alpha value is -4.18. The molecule has 0 fully saturated rings. The Labute approximate surface area is 253 Å². The number of hydrogen-bond donors (Lipinski definition) is 12. The third-order valence-electron chi connectivity index (χ3n) is 5.23. The Kier molecular flexibility index (Phi) is 18.6. The molecule has 6 amide bonds. The summed E-state index contributed by atoms with van der Waals surface area (Å²) in [5.41, 5.74) is 10.4. The number of carboxylic acid groups (broad SMARTS) is 1. The predicted molar refractivity (Wildman–Crippen MR) is 157 cm³/mol. The lowest BCUT2D eigenvalue weighted by Gasteiger charge is -2.22. The number of primary amides is 1. The van der Waals surface area contributed by atoms with Gasteiger partial charge in [-0.25, -0.2) is 4.79 Å². The first-order valence-electron chi connectivity index (χ1n) is 12.5. The van der Waals surface area contributed by atoms with Gasteiger partial charge in [-0.15, -0.1) is 12.3 Å². The summed E-state index contributed by atoms with van der Waals surface area (Å²) in [7, 11) is 0. The van der Waals surface area contributed by atoms with Crippen LogP contribution in [-0.4, -0.2) is 101 Å². The van der Waals surface area contributed by atoms with Gasteiger partial charge in [0.25, 0.3) is 0 Å². The van der Waals surface area contributed by atoms with Gasteiger partial charge in [-0.1, -0.05) is 0 Å². The molecular weight excluding hydrogens is 594 g/mol. The van der Waals surface area contributed by atoms with E-state index in [9.17, 15) is 33.6 Å². The Balaban J connectivity index is 5.35. The van der Waals surface area contributed by atoms with E-state index in [4.69, 9.17) is 28.4 Å². The number of guanidine groups is 1. The largest absolute Gasteiger partial charge is 0.480 e. The standard InChI is InChI=1S/C23H37N9O8S2/c1-2-3-6-17(34)30-14(10-41)21(38)31-13(8-16(24)33)19(36)28-9-18(35)29-12(5-4-7-27-23(25)26)20(37)32-15(11-42)22(39)40/h1,12-15,41-42H,3-11H2,(H2,24,33)(H,28,36)(H,29,35)(H,30,34)(H,31,38)(H,32,37)(H,39,40)(H4,25,26,27)/t12-,13-,14-,15-/m1/s1. The summed E-state index contributed by atoms with van der Waals surface area (Å²) in [6.45, 7) is -0.528. The van der Waals surface area contributed by atoms with Crippen molar-refractivity contribution < 1.29 is 38.7 Å². The molecule has 0 saturated heterocycles. The van der Waals surface area contributed by atoms with Crippen molar-refractivity contribution in [1.29, 1.82) is 5.41 Å². The maximum absolute atomic E-state index is 12.7. The predicted octanol–water partition coefficient (Wildman–Crippen LogP) is -4.46. The van der Waals surface area contributed by atoms with E-state index in [0.29, 0.717) is 0 Å².